The van der Waals surface area contributed by atoms with Gasteiger partial charge < -0.3 is 9.80 Å². The van der Waals surface area contributed by atoms with Gasteiger partial charge in [-0.1, -0.05) is 18.2 Å². The van der Waals surface area contributed by atoms with Gasteiger partial charge in [0.25, 0.3) is 11.6 Å². The number of hydrogen-bond acceptors (Lipinski definition) is 5. The SMILES string of the molecule is Cc1nn(-c2ccccc2)c(C)c1C(=O)N1CCN(c2ccc(C(F)(F)F)cc2[N+](=O)[O-])CC1. The molecular weight excluding hydrogens is 451 g/mol. The van der Waals surface area contributed by atoms with E-state index in [0.717, 1.165) is 17.8 Å². The van der Waals surface area contributed by atoms with Crippen LogP contribution in [0.15, 0.2) is 48.5 Å². The van der Waals surface area contributed by atoms with Crippen molar-refractivity contribution in [3.05, 3.63) is 81.2 Å². The van der Waals surface area contributed by atoms with Crippen LogP contribution in [0.2, 0.25) is 0 Å². The highest BCUT2D eigenvalue weighted by Crippen LogP contribution is 2.37. The van der Waals surface area contributed by atoms with Crippen LogP contribution >= 0.6 is 0 Å². The Morgan fingerprint density at radius 2 is 1.68 bits per heavy atom. The number of nitro groups is 1. The molecule has 1 aliphatic heterocycles. The number of aryl methyl sites for hydroxylation is 1. The average Bonchev–Trinajstić information content (AvgIpc) is 3.12. The lowest BCUT2D eigenvalue weighted by Gasteiger charge is -2.36. The summed E-state index contributed by atoms with van der Waals surface area (Å²) >= 11 is 0. The molecule has 1 aliphatic rings. The summed E-state index contributed by atoms with van der Waals surface area (Å²) in [6.07, 6.45) is -4.67. The van der Waals surface area contributed by atoms with Crippen LogP contribution in [0.4, 0.5) is 24.5 Å². The predicted octanol–water partition coefficient (Wildman–Crippen LogP) is 4.38. The van der Waals surface area contributed by atoms with Gasteiger partial charge in [0.05, 0.1) is 33.1 Å². The molecule has 4 rings (SSSR count). The number of benzene rings is 2. The van der Waals surface area contributed by atoms with Crippen LogP contribution in [0.25, 0.3) is 5.69 Å². The Morgan fingerprint density at radius 3 is 2.26 bits per heavy atom. The van der Waals surface area contributed by atoms with Crippen molar-refractivity contribution in [3.63, 3.8) is 0 Å². The highest BCUT2D eigenvalue weighted by atomic mass is 19.4. The van der Waals surface area contributed by atoms with Crippen LogP contribution in [0.1, 0.15) is 27.3 Å². The molecule has 1 aromatic heterocycles. The highest BCUT2D eigenvalue weighted by Gasteiger charge is 2.35. The zero-order valence-electron chi connectivity index (χ0n) is 18.5. The van der Waals surface area contributed by atoms with Gasteiger partial charge in [-0.15, -0.1) is 0 Å². The van der Waals surface area contributed by atoms with Crippen LogP contribution in [0, 0.1) is 24.0 Å². The first kappa shape index (κ1) is 23.3. The van der Waals surface area contributed by atoms with E-state index in [1.165, 1.54) is 0 Å². The smallest absolute Gasteiger partial charge is 0.362 e. The summed E-state index contributed by atoms with van der Waals surface area (Å²) in [5.41, 5.74) is 1.05. The summed E-state index contributed by atoms with van der Waals surface area (Å²) in [5.74, 6) is -0.196. The fraction of sp³-hybridized carbons (Fsp3) is 0.304. The first-order valence-corrected chi connectivity index (χ1v) is 10.6. The van der Waals surface area contributed by atoms with Gasteiger partial charge in [-0.25, -0.2) is 4.68 Å². The quantitative estimate of drug-likeness (QED) is 0.415. The number of para-hydroxylation sites is 1. The fourth-order valence-corrected chi connectivity index (χ4v) is 4.19. The van der Waals surface area contributed by atoms with Gasteiger partial charge in [-0.2, -0.15) is 18.3 Å². The van der Waals surface area contributed by atoms with Crippen molar-refractivity contribution in [1.82, 2.24) is 14.7 Å². The largest absolute Gasteiger partial charge is 0.416 e. The molecule has 0 saturated carbocycles. The second kappa shape index (κ2) is 8.81. The molecule has 8 nitrogen and oxygen atoms in total. The number of piperazine rings is 1. The molecule has 2 heterocycles. The molecule has 0 aliphatic carbocycles. The molecule has 0 N–H and O–H groups in total. The number of aromatic nitrogens is 2. The summed E-state index contributed by atoms with van der Waals surface area (Å²) in [6.45, 7) is 4.63. The van der Waals surface area contributed by atoms with E-state index < -0.39 is 22.4 Å². The minimum Gasteiger partial charge on any atom is -0.362 e. The van der Waals surface area contributed by atoms with Crippen molar-refractivity contribution in [2.45, 2.75) is 20.0 Å². The maximum Gasteiger partial charge on any atom is 0.416 e. The third-order valence-electron chi connectivity index (χ3n) is 5.91. The Hall–Kier alpha value is -3.89. The summed E-state index contributed by atoms with van der Waals surface area (Å²) in [5, 5.41) is 15.9. The van der Waals surface area contributed by atoms with Crippen molar-refractivity contribution in [1.29, 1.82) is 0 Å². The van der Waals surface area contributed by atoms with Gasteiger partial charge in [-0.05, 0) is 38.1 Å². The first-order chi connectivity index (χ1) is 16.1. The lowest BCUT2D eigenvalue weighted by atomic mass is 10.1. The van der Waals surface area contributed by atoms with Gasteiger partial charge in [0.15, 0.2) is 0 Å². The monoisotopic (exact) mass is 473 g/mol. The summed E-state index contributed by atoms with van der Waals surface area (Å²) < 4.78 is 40.7. The number of hydrogen-bond donors (Lipinski definition) is 0. The van der Waals surface area contributed by atoms with Crippen molar-refractivity contribution < 1.29 is 22.9 Å². The number of nitro benzene ring substituents is 1. The zero-order valence-corrected chi connectivity index (χ0v) is 18.5. The van der Waals surface area contributed by atoms with E-state index in [1.54, 1.807) is 21.4 Å². The zero-order chi connectivity index (χ0) is 24.6. The number of carbonyl (C=O) groups is 1. The molecule has 0 unspecified atom stereocenters. The number of rotatable bonds is 4. The number of nitrogens with zero attached hydrogens (tertiary/aromatic N) is 5. The van der Waals surface area contributed by atoms with Crippen LogP contribution in [-0.2, 0) is 6.18 Å². The molecule has 1 amide bonds. The van der Waals surface area contributed by atoms with Crippen molar-refractivity contribution in [2.24, 2.45) is 0 Å². The van der Waals surface area contributed by atoms with Crippen molar-refractivity contribution in [2.75, 3.05) is 31.1 Å². The van der Waals surface area contributed by atoms with E-state index >= 15 is 0 Å². The molecule has 1 fully saturated rings. The minimum atomic E-state index is -4.67. The topological polar surface area (TPSA) is 84.5 Å². The van der Waals surface area contributed by atoms with E-state index in [1.807, 2.05) is 37.3 Å². The van der Waals surface area contributed by atoms with Gasteiger partial charge in [0.1, 0.15) is 5.69 Å². The van der Waals surface area contributed by atoms with Crippen LogP contribution < -0.4 is 4.90 Å². The minimum absolute atomic E-state index is 0.106. The third-order valence-corrected chi connectivity index (χ3v) is 5.91. The normalized spacial score (nSPS) is 14.4. The maximum absolute atomic E-state index is 13.3. The van der Waals surface area contributed by atoms with E-state index in [2.05, 4.69) is 5.10 Å². The number of alkyl halides is 3. The predicted molar refractivity (Wildman–Crippen MR) is 119 cm³/mol. The molecule has 34 heavy (non-hydrogen) atoms. The molecule has 11 heteroatoms. The molecule has 0 bridgehead atoms. The summed E-state index contributed by atoms with van der Waals surface area (Å²) in [7, 11) is 0. The fourth-order valence-electron chi connectivity index (χ4n) is 4.19. The standard InChI is InChI=1S/C23H22F3N5O3/c1-15-21(16(2)30(27-15)18-6-4-3-5-7-18)22(32)29-12-10-28(11-13-29)19-9-8-17(23(24,25)26)14-20(19)31(33)34/h3-9,14H,10-13H2,1-2H3. The molecule has 178 valence electrons. The number of anilines is 1. The first-order valence-electron chi connectivity index (χ1n) is 10.6. The van der Waals surface area contributed by atoms with E-state index in [-0.39, 0.29) is 37.8 Å². The average molecular weight is 473 g/mol. The van der Waals surface area contributed by atoms with Gasteiger partial charge in [0, 0.05) is 32.2 Å². The van der Waals surface area contributed by atoms with Crippen LogP contribution in [0.3, 0.4) is 0 Å². The van der Waals surface area contributed by atoms with Gasteiger partial charge >= 0.3 is 6.18 Å². The van der Waals surface area contributed by atoms with E-state index in [0.29, 0.717) is 23.0 Å². The number of amides is 1. The summed E-state index contributed by atoms with van der Waals surface area (Å²) in [4.78, 5) is 27.2. The molecule has 0 atom stereocenters. The third kappa shape index (κ3) is 4.33. The Labute approximate surface area is 193 Å². The lowest BCUT2D eigenvalue weighted by Crippen LogP contribution is -2.49. The molecule has 2 aromatic carbocycles. The summed E-state index contributed by atoms with van der Waals surface area (Å²) in [6, 6.07) is 12.0. The molecular formula is C23H22F3N5O3. The molecule has 1 saturated heterocycles. The Kier molecular flexibility index (Phi) is 6.03. The second-order valence-corrected chi connectivity index (χ2v) is 8.03. The second-order valence-electron chi connectivity index (χ2n) is 8.03. The van der Waals surface area contributed by atoms with Crippen LogP contribution in [-0.4, -0.2) is 51.7 Å². The highest BCUT2D eigenvalue weighted by molar-refractivity contribution is 5.96. The van der Waals surface area contributed by atoms with Gasteiger partial charge in [-0.3, -0.25) is 14.9 Å². The number of carbonyl (C=O) groups excluding carboxylic acids is 1. The van der Waals surface area contributed by atoms with Crippen LogP contribution in [0.5, 0.6) is 0 Å². The number of halogens is 3. The van der Waals surface area contributed by atoms with E-state index in [4.69, 9.17) is 0 Å². The molecule has 0 spiro atoms. The van der Waals surface area contributed by atoms with Crippen molar-refractivity contribution in [3.8, 4) is 5.69 Å². The maximum atomic E-state index is 13.3. The Morgan fingerprint density at radius 1 is 1.03 bits per heavy atom. The van der Waals surface area contributed by atoms with Crippen molar-refractivity contribution >= 4 is 17.3 Å². The molecule has 3 aromatic rings. The molecule has 0 radical (unpaired) electrons. The lowest BCUT2D eigenvalue weighted by molar-refractivity contribution is -0.384. The van der Waals surface area contributed by atoms with E-state index in [9.17, 15) is 28.1 Å². The van der Waals surface area contributed by atoms with Gasteiger partial charge in [0.2, 0.25) is 0 Å². The Bertz CT molecular complexity index is 1230. The Balaban J connectivity index is 1.53.